The van der Waals surface area contributed by atoms with Crippen LogP contribution >= 0.6 is 11.6 Å². The minimum absolute atomic E-state index is 0.239. The van der Waals surface area contributed by atoms with E-state index in [9.17, 15) is 10.1 Å². The zero-order chi connectivity index (χ0) is 13.8. The summed E-state index contributed by atoms with van der Waals surface area (Å²) in [7, 11) is 0. The fraction of sp³-hybridized carbons (Fsp3) is 0. The molecule has 0 amide bonds. The summed E-state index contributed by atoms with van der Waals surface area (Å²) in [6.07, 6.45) is 1.43. The molecule has 1 aromatic heterocycles. The number of hydrogen-bond donors (Lipinski definition) is 0. The number of nitrogens with zero attached hydrogens (tertiary/aromatic N) is 2. The molecule has 94 valence electrons. The Morgan fingerprint density at radius 2 is 2.21 bits per heavy atom. The number of halogens is 1. The van der Waals surface area contributed by atoms with Crippen molar-refractivity contribution in [3.8, 4) is 6.07 Å². The number of nitro groups is 1. The van der Waals surface area contributed by atoms with Gasteiger partial charge in [0.2, 0.25) is 0 Å². The lowest BCUT2D eigenvalue weighted by Gasteiger charge is -1.98. The van der Waals surface area contributed by atoms with Crippen molar-refractivity contribution < 1.29 is 9.34 Å². The van der Waals surface area contributed by atoms with Crippen LogP contribution in [-0.4, -0.2) is 4.92 Å². The van der Waals surface area contributed by atoms with Gasteiger partial charge < -0.3 is 4.42 Å². The van der Waals surface area contributed by atoms with E-state index >= 15 is 0 Å². The first-order chi connectivity index (χ1) is 9.10. The average Bonchev–Trinajstić information content (AvgIpc) is 2.84. The van der Waals surface area contributed by atoms with Crippen molar-refractivity contribution in [2.75, 3.05) is 0 Å². The lowest BCUT2D eigenvalue weighted by atomic mass is 10.1. The Morgan fingerprint density at radius 3 is 2.79 bits per heavy atom. The van der Waals surface area contributed by atoms with Crippen molar-refractivity contribution in [1.82, 2.24) is 0 Å². The summed E-state index contributed by atoms with van der Waals surface area (Å²) in [5.74, 6) is -0.127. The third-order valence-electron chi connectivity index (χ3n) is 2.34. The van der Waals surface area contributed by atoms with Gasteiger partial charge in [-0.25, -0.2) is 0 Å². The SMILES string of the molecule is N#C/C(=C/c1ccc([N+](=O)[O-])o1)c1cccc(Cl)c1. The number of rotatable bonds is 3. The maximum atomic E-state index is 10.5. The highest BCUT2D eigenvalue weighted by Crippen LogP contribution is 2.23. The molecule has 0 saturated carbocycles. The predicted octanol–water partition coefficient (Wildman–Crippen LogP) is 3.91. The Labute approximate surface area is 113 Å². The molecule has 0 aliphatic carbocycles. The molecular weight excluding hydrogens is 268 g/mol. The van der Waals surface area contributed by atoms with Crippen molar-refractivity contribution in [3.05, 3.63) is 62.9 Å². The lowest BCUT2D eigenvalue weighted by Crippen LogP contribution is -1.83. The largest absolute Gasteiger partial charge is 0.433 e. The molecule has 0 aliphatic rings. The Morgan fingerprint density at radius 1 is 1.42 bits per heavy atom. The van der Waals surface area contributed by atoms with Crippen LogP contribution in [0, 0.1) is 21.4 Å². The van der Waals surface area contributed by atoms with Gasteiger partial charge in [0, 0.05) is 5.02 Å². The topological polar surface area (TPSA) is 80.1 Å². The highest BCUT2D eigenvalue weighted by molar-refractivity contribution is 6.30. The molecule has 19 heavy (non-hydrogen) atoms. The summed E-state index contributed by atoms with van der Waals surface area (Å²) < 4.78 is 4.97. The molecule has 1 aromatic carbocycles. The van der Waals surface area contributed by atoms with Crippen molar-refractivity contribution in [2.24, 2.45) is 0 Å². The fourth-order valence-electron chi connectivity index (χ4n) is 1.50. The maximum absolute atomic E-state index is 10.5. The monoisotopic (exact) mass is 274 g/mol. The van der Waals surface area contributed by atoms with Gasteiger partial charge in [0.15, 0.2) is 0 Å². The van der Waals surface area contributed by atoms with Crippen LogP contribution in [0.2, 0.25) is 5.02 Å². The predicted molar refractivity (Wildman–Crippen MR) is 70.3 cm³/mol. The Bertz CT molecular complexity index is 698. The van der Waals surface area contributed by atoms with Crippen LogP contribution in [0.4, 0.5) is 5.88 Å². The van der Waals surface area contributed by atoms with Crippen LogP contribution in [0.25, 0.3) is 11.6 Å². The van der Waals surface area contributed by atoms with E-state index in [4.69, 9.17) is 21.3 Å². The van der Waals surface area contributed by atoms with E-state index in [1.54, 1.807) is 24.3 Å². The summed E-state index contributed by atoms with van der Waals surface area (Å²) in [6, 6.07) is 11.4. The molecule has 0 atom stereocenters. The van der Waals surface area contributed by atoms with Crippen molar-refractivity contribution >= 4 is 29.1 Å². The first kappa shape index (κ1) is 12.9. The van der Waals surface area contributed by atoms with Crippen molar-refractivity contribution in [3.63, 3.8) is 0 Å². The van der Waals surface area contributed by atoms with Gasteiger partial charge in [0.1, 0.15) is 10.7 Å². The van der Waals surface area contributed by atoms with Crippen molar-refractivity contribution in [1.29, 1.82) is 5.26 Å². The molecule has 0 unspecified atom stereocenters. The molecular formula is C13H7ClN2O3. The minimum Gasteiger partial charge on any atom is -0.401 e. The standard InChI is InChI=1S/C13H7ClN2O3/c14-11-3-1-2-9(6-11)10(8-15)7-12-4-5-13(19-12)16(17)18/h1-7H/b10-7-. The van der Waals surface area contributed by atoms with Crippen molar-refractivity contribution in [2.45, 2.75) is 0 Å². The van der Waals surface area contributed by atoms with E-state index in [1.807, 2.05) is 6.07 Å². The van der Waals surface area contributed by atoms with Crippen LogP contribution in [0.3, 0.4) is 0 Å². The molecule has 0 aliphatic heterocycles. The van der Waals surface area contributed by atoms with Gasteiger partial charge in [-0.15, -0.1) is 0 Å². The van der Waals surface area contributed by atoms with E-state index in [-0.39, 0.29) is 11.6 Å². The molecule has 0 radical (unpaired) electrons. The Hall–Kier alpha value is -2.58. The second kappa shape index (κ2) is 5.38. The van der Waals surface area contributed by atoms with Gasteiger partial charge in [-0.05, 0) is 29.8 Å². The van der Waals surface area contributed by atoms with Gasteiger partial charge in [-0.1, -0.05) is 23.7 Å². The average molecular weight is 275 g/mol. The fourth-order valence-corrected chi connectivity index (χ4v) is 1.69. The second-order valence-corrected chi connectivity index (χ2v) is 4.05. The van der Waals surface area contributed by atoms with Crippen LogP contribution in [0.5, 0.6) is 0 Å². The van der Waals surface area contributed by atoms with Gasteiger partial charge in [-0.2, -0.15) is 5.26 Å². The number of furan rings is 1. The number of nitriles is 1. The Kier molecular flexibility index (Phi) is 3.64. The molecule has 0 N–H and O–H groups in total. The molecule has 1 heterocycles. The number of hydrogen-bond acceptors (Lipinski definition) is 4. The summed E-state index contributed by atoms with van der Waals surface area (Å²) in [4.78, 5) is 9.86. The molecule has 0 bridgehead atoms. The third-order valence-corrected chi connectivity index (χ3v) is 2.57. The minimum atomic E-state index is -0.636. The molecule has 6 heteroatoms. The first-order valence-electron chi connectivity index (χ1n) is 5.22. The summed E-state index contributed by atoms with van der Waals surface area (Å²) in [6.45, 7) is 0. The summed E-state index contributed by atoms with van der Waals surface area (Å²) >= 11 is 5.85. The summed E-state index contributed by atoms with van der Waals surface area (Å²) in [5.41, 5.74) is 0.931. The van der Waals surface area contributed by atoms with E-state index in [0.29, 0.717) is 16.2 Å². The molecule has 5 nitrogen and oxygen atoms in total. The van der Waals surface area contributed by atoms with E-state index < -0.39 is 4.92 Å². The van der Waals surface area contributed by atoms with Crippen LogP contribution < -0.4 is 0 Å². The van der Waals surface area contributed by atoms with Crippen LogP contribution in [0.15, 0.2) is 40.8 Å². The van der Waals surface area contributed by atoms with Crippen LogP contribution in [-0.2, 0) is 0 Å². The molecule has 0 fully saturated rings. The molecule has 0 saturated heterocycles. The van der Waals surface area contributed by atoms with Gasteiger partial charge in [0.25, 0.3) is 0 Å². The van der Waals surface area contributed by atoms with E-state index in [2.05, 4.69) is 0 Å². The highest BCUT2D eigenvalue weighted by atomic mass is 35.5. The smallest absolute Gasteiger partial charge is 0.401 e. The second-order valence-electron chi connectivity index (χ2n) is 3.61. The quantitative estimate of drug-likeness (QED) is 0.483. The van der Waals surface area contributed by atoms with Gasteiger partial charge in [0.05, 0.1) is 17.7 Å². The molecule has 2 rings (SSSR count). The molecule has 2 aromatic rings. The number of benzene rings is 1. The van der Waals surface area contributed by atoms with Gasteiger partial charge in [-0.3, -0.25) is 10.1 Å². The van der Waals surface area contributed by atoms with E-state index in [1.165, 1.54) is 18.2 Å². The zero-order valence-electron chi connectivity index (χ0n) is 9.54. The molecule has 0 spiro atoms. The first-order valence-corrected chi connectivity index (χ1v) is 5.60. The number of allylic oxidation sites excluding steroid dienone is 1. The van der Waals surface area contributed by atoms with E-state index in [0.717, 1.165) is 0 Å². The maximum Gasteiger partial charge on any atom is 0.433 e. The highest BCUT2D eigenvalue weighted by Gasteiger charge is 2.11. The summed E-state index contributed by atoms with van der Waals surface area (Å²) in [5, 5.41) is 20.1. The normalized spacial score (nSPS) is 11.1. The Balaban J connectivity index is 2.39. The third kappa shape index (κ3) is 3.00. The zero-order valence-corrected chi connectivity index (χ0v) is 10.3. The lowest BCUT2D eigenvalue weighted by molar-refractivity contribution is -0.402. The van der Waals surface area contributed by atoms with Gasteiger partial charge >= 0.3 is 5.88 Å². The van der Waals surface area contributed by atoms with Crippen LogP contribution in [0.1, 0.15) is 11.3 Å².